The van der Waals surface area contributed by atoms with Gasteiger partial charge in [-0.15, -0.1) is 15.3 Å². The molecule has 2 heterocycles. The average molecular weight is 343 g/mol. The fraction of sp³-hybridized carbons (Fsp3) is 0.438. The Balaban J connectivity index is 1.80. The molecular weight excluding hydrogens is 322 g/mol. The quantitative estimate of drug-likeness (QED) is 0.641. The summed E-state index contributed by atoms with van der Waals surface area (Å²) in [6.45, 7) is 9.24. The molecule has 0 bridgehead atoms. The highest BCUT2D eigenvalue weighted by atomic mass is 32.2. The van der Waals surface area contributed by atoms with E-state index in [1.807, 2.05) is 13.0 Å². The third-order valence-electron chi connectivity index (χ3n) is 3.97. The predicted octanol–water partition coefficient (Wildman–Crippen LogP) is 2.88. The van der Waals surface area contributed by atoms with Gasteiger partial charge in [-0.1, -0.05) is 24.8 Å². The van der Waals surface area contributed by atoms with E-state index in [0.717, 1.165) is 35.5 Å². The van der Waals surface area contributed by atoms with Crippen molar-refractivity contribution in [3.05, 3.63) is 41.0 Å². The Labute approximate surface area is 145 Å². The molecule has 126 valence electrons. The second-order valence-electron chi connectivity index (χ2n) is 5.75. The highest BCUT2D eigenvalue weighted by molar-refractivity contribution is 7.98. The molecule has 0 unspecified atom stereocenters. The number of tetrazole rings is 1. The molecule has 24 heavy (non-hydrogen) atoms. The van der Waals surface area contributed by atoms with Crippen LogP contribution < -0.4 is 0 Å². The van der Waals surface area contributed by atoms with Gasteiger partial charge in [0.1, 0.15) is 11.6 Å². The van der Waals surface area contributed by atoms with Crippen LogP contribution in [0.15, 0.2) is 23.4 Å². The van der Waals surface area contributed by atoms with Crippen LogP contribution >= 0.6 is 11.8 Å². The zero-order chi connectivity index (χ0) is 17.1. The van der Waals surface area contributed by atoms with E-state index in [2.05, 4.69) is 63.2 Å². The van der Waals surface area contributed by atoms with Crippen LogP contribution in [0.4, 0.5) is 0 Å². The summed E-state index contributed by atoms with van der Waals surface area (Å²) in [6.07, 6.45) is 1.05. The average Bonchev–Trinajstić information content (AvgIpc) is 3.16. The Morgan fingerprint density at radius 1 is 1.04 bits per heavy atom. The molecule has 0 atom stereocenters. The summed E-state index contributed by atoms with van der Waals surface area (Å²) >= 11 is 1.57. The van der Waals surface area contributed by atoms with Gasteiger partial charge in [0.05, 0.1) is 11.4 Å². The molecule has 0 spiro atoms. The number of aromatic nitrogens is 7. The molecule has 0 fully saturated rings. The van der Waals surface area contributed by atoms with Crippen LogP contribution in [0.1, 0.15) is 36.1 Å². The van der Waals surface area contributed by atoms with E-state index in [1.165, 1.54) is 11.1 Å². The lowest BCUT2D eigenvalue weighted by Gasteiger charge is -2.08. The van der Waals surface area contributed by atoms with Crippen molar-refractivity contribution < 1.29 is 0 Å². The number of hydrogen-bond donors (Lipinski definition) is 0. The van der Waals surface area contributed by atoms with Crippen LogP contribution in [0.25, 0.3) is 5.69 Å². The van der Waals surface area contributed by atoms with Gasteiger partial charge in [-0.05, 0) is 60.9 Å². The largest absolute Gasteiger partial charge is 0.315 e. The second-order valence-corrected chi connectivity index (χ2v) is 6.69. The third-order valence-corrected chi connectivity index (χ3v) is 4.88. The molecule has 0 aliphatic rings. The number of benzene rings is 1. The minimum absolute atomic E-state index is 0.687. The van der Waals surface area contributed by atoms with Gasteiger partial charge in [-0.3, -0.25) is 0 Å². The minimum Gasteiger partial charge on any atom is -0.315 e. The monoisotopic (exact) mass is 343 g/mol. The number of hydrogen-bond acceptors (Lipinski definition) is 6. The Hall–Kier alpha value is -2.22. The van der Waals surface area contributed by atoms with Crippen molar-refractivity contribution in [2.24, 2.45) is 0 Å². The zero-order valence-corrected chi connectivity index (χ0v) is 15.2. The van der Waals surface area contributed by atoms with Crippen LogP contribution in [0, 0.1) is 20.8 Å². The van der Waals surface area contributed by atoms with E-state index >= 15 is 0 Å². The standard InChI is InChI=1S/C16H21N7S/c1-5-8-22-13(4)17-18-15(22)10-24-16-19-20-21-23(16)14-7-6-11(2)12(3)9-14/h6-7,9H,5,8,10H2,1-4H3. The molecule has 0 amide bonds. The molecule has 0 aliphatic carbocycles. The molecule has 2 aromatic heterocycles. The van der Waals surface area contributed by atoms with E-state index in [-0.39, 0.29) is 0 Å². The summed E-state index contributed by atoms with van der Waals surface area (Å²) in [5.41, 5.74) is 3.44. The maximum absolute atomic E-state index is 4.28. The van der Waals surface area contributed by atoms with Crippen LogP contribution in [-0.2, 0) is 12.3 Å². The fourth-order valence-corrected chi connectivity index (χ4v) is 3.29. The summed E-state index contributed by atoms with van der Waals surface area (Å²) in [6, 6.07) is 6.22. The van der Waals surface area contributed by atoms with Crippen molar-refractivity contribution >= 4 is 11.8 Å². The fourth-order valence-electron chi connectivity index (χ4n) is 2.46. The van der Waals surface area contributed by atoms with Gasteiger partial charge in [0, 0.05) is 6.54 Å². The summed E-state index contributed by atoms with van der Waals surface area (Å²) in [7, 11) is 0. The van der Waals surface area contributed by atoms with Crippen LogP contribution in [0.5, 0.6) is 0 Å². The molecule has 0 N–H and O–H groups in total. The number of thioether (sulfide) groups is 1. The Morgan fingerprint density at radius 3 is 2.62 bits per heavy atom. The number of nitrogens with zero attached hydrogens (tertiary/aromatic N) is 7. The predicted molar refractivity (Wildman–Crippen MR) is 93.2 cm³/mol. The van der Waals surface area contributed by atoms with Crippen molar-refractivity contribution in [1.29, 1.82) is 0 Å². The van der Waals surface area contributed by atoms with Gasteiger partial charge in [-0.2, -0.15) is 4.68 Å². The van der Waals surface area contributed by atoms with Crippen LogP contribution in [0.2, 0.25) is 0 Å². The Morgan fingerprint density at radius 2 is 1.88 bits per heavy atom. The summed E-state index contributed by atoms with van der Waals surface area (Å²) < 4.78 is 3.92. The molecule has 0 saturated carbocycles. The molecule has 7 nitrogen and oxygen atoms in total. The lowest BCUT2D eigenvalue weighted by molar-refractivity contribution is 0.636. The molecular formula is C16H21N7S. The first-order valence-corrected chi connectivity index (χ1v) is 8.96. The van der Waals surface area contributed by atoms with E-state index in [9.17, 15) is 0 Å². The molecule has 0 aliphatic heterocycles. The van der Waals surface area contributed by atoms with Gasteiger partial charge >= 0.3 is 0 Å². The Kier molecular flexibility index (Phi) is 4.94. The van der Waals surface area contributed by atoms with Gasteiger partial charge in [0.25, 0.3) is 0 Å². The lowest BCUT2D eigenvalue weighted by Crippen LogP contribution is -2.05. The van der Waals surface area contributed by atoms with Gasteiger partial charge in [0.15, 0.2) is 0 Å². The highest BCUT2D eigenvalue weighted by Gasteiger charge is 2.13. The van der Waals surface area contributed by atoms with E-state index in [4.69, 9.17) is 0 Å². The normalized spacial score (nSPS) is 11.2. The first-order chi connectivity index (χ1) is 11.6. The Bertz CT molecular complexity index is 837. The van der Waals surface area contributed by atoms with Gasteiger partial charge < -0.3 is 4.57 Å². The minimum atomic E-state index is 0.687. The van der Waals surface area contributed by atoms with Gasteiger partial charge in [-0.25, -0.2) is 0 Å². The molecule has 0 saturated heterocycles. The second kappa shape index (κ2) is 7.12. The molecule has 8 heteroatoms. The lowest BCUT2D eigenvalue weighted by atomic mass is 10.1. The zero-order valence-electron chi connectivity index (χ0n) is 14.4. The van der Waals surface area contributed by atoms with Crippen molar-refractivity contribution in [2.75, 3.05) is 0 Å². The smallest absolute Gasteiger partial charge is 0.214 e. The van der Waals surface area contributed by atoms with E-state index < -0.39 is 0 Å². The van der Waals surface area contributed by atoms with Crippen LogP contribution in [0.3, 0.4) is 0 Å². The van der Waals surface area contributed by atoms with Crippen molar-refractivity contribution in [3.63, 3.8) is 0 Å². The van der Waals surface area contributed by atoms with Crippen molar-refractivity contribution in [2.45, 2.75) is 51.6 Å². The highest BCUT2D eigenvalue weighted by Crippen LogP contribution is 2.23. The summed E-state index contributed by atoms with van der Waals surface area (Å²) in [5.74, 6) is 2.58. The molecule has 3 rings (SSSR count). The van der Waals surface area contributed by atoms with Crippen molar-refractivity contribution in [1.82, 2.24) is 35.0 Å². The summed E-state index contributed by atoms with van der Waals surface area (Å²) in [4.78, 5) is 0. The van der Waals surface area contributed by atoms with Crippen LogP contribution in [-0.4, -0.2) is 35.0 Å². The number of rotatable bonds is 6. The molecule has 3 aromatic rings. The third kappa shape index (κ3) is 3.33. The first kappa shape index (κ1) is 16.6. The van der Waals surface area contributed by atoms with Gasteiger partial charge in [0.2, 0.25) is 5.16 Å². The summed E-state index contributed by atoms with van der Waals surface area (Å²) in [5, 5.41) is 21.3. The number of aryl methyl sites for hydroxylation is 3. The van der Waals surface area contributed by atoms with Crippen molar-refractivity contribution in [3.8, 4) is 5.69 Å². The first-order valence-electron chi connectivity index (χ1n) is 7.97. The molecule has 0 radical (unpaired) electrons. The molecule has 1 aromatic carbocycles. The maximum atomic E-state index is 4.28. The SMILES string of the molecule is CCCn1c(C)nnc1CSc1nnnn1-c1ccc(C)c(C)c1. The maximum Gasteiger partial charge on any atom is 0.214 e. The van der Waals surface area contributed by atoms with E-state index in [1.54, 1.807) is 16.4 Å². The van der Waals surface area contributed by atoms with E-state index in [0.29, 0.717) is 5.75 Å². The topological polar surface area (TPSA) is 74.3 Å².